The van der Waals surface area contributed by atoms with E-state index in [1.54, 1.807) is 14.0 Å². The third-order valence-electron chi connectivity index (χ3n) is 2.84. The van der Waals surface area contributed by atoms with E-state index in [1.807, 2.05) is 24.3 Å². The monoisotopic (exact) mass is 295 g/mol. The van der Waals surface area contributed by atoms with Crippen molar-refractivity contribution in [2.75, 3.05) is 33.5 Å². The van der Waals surface area contributed by atoms with Gasteiger partial charge in [0.2, 0.25) is 0 Å². The fourth-order valence-electron chi connectivity index (χ4n) is 1.87. The predicted molar refractivity (Wildman–Crippen MR) is 81.5 cm³/mol. The van der Waals surface area contributed by atoms with E-state index in [0.717, 1.165) is 17.7 Å². The Kier molecular flexibility index (Phi) is 8.47. The predicted octanol–water partition coefficient (Wildman–Crippen LogP) is 2.32. The van der Waals surface area contributed by atoms with E-state index in [2.05, 4.69) is 12.2 Å². The van der Waals surface area contributed by atoms with Gasteiger partial charge in [-0.25, -0.2) is 4.79 Å². The summed E-state index contributed by atoms with van der Waals surface area (Å²) in [6.07, 6.45) is 0.942. The van der Waals surface area contributed by atoms with Gasteiger partial charge in [-0.3, -0.25) is 5.32 Å². The summed E-state index contributed by atoms with van der Waals surface area (Å²) in [6, 6.07) is 7.02. The normalized spacial score (nSPS) is 12.0. The molecule has 1 unspecified atom stereocenters. The summed E-state index contributed by atoms with van der Waals surface area (Å²) in [5, 5.41) is 3.15. The van der Waals surface area contributed by atoms with Gasteiger partial charge in [-0.1, -0.05) is 19.1 Å². The maximum atomic E-state index is 12.1. The van der Waals surface area contributed by atoms with E-state index < -0.39 is 6.04 Å². The van der Waals surface area contributed by atoms with Crippen LogP contribution in [0.15, 0.2) is 24.3 Å². The molecule has 1 rings (SSSR count). The summed E-state index contributed by atoms with van der Waals surface area (Å²) in [4.78, 5) is 12.1. The van der Waals surface area contributed by atoms with Crippen LogP contribution in [0.25, 0.3) is 0 Å². The standard InChI is InChI=1S/C16H25NO4/c1-4-10-21-14-8-6-7-13(12-14)15(16(18)20-5-2)17-9-11-19-3/h6-8,12,15,17H,4-5,9-11H2,1-3H3. The van der Waals surface area contributed by atoms with Gasteiger partial charge in [0.05, 0.1) is 19.8 Å². The minimum absolute atomic E-state index is 0.291. The molecule has 1 aromatic rings. The smallest absolute Gasteiger partial charge is 0.327 e. The SMILES string of the molecule is CCCOc1cccc(C(NCCOC)C(=O)OCC)c1. The van der Waals surface area contributed by atoms with E-state index in [1.165, 1.54) is 0 Å². The Hall–Kier alpha value is -1.59. The van der Waals surface area contributed by atoms with Crippen molar-refractivity contribution in [3.05, 3.63) is 29.8 Å². The van der Waals surface area contributed by atoms with Crippen molar-refractivity contribution in [3.63, 3.8) is 0 Å². The van der Waals surface area contributed by atoms with Crippen molar-refractivity contribution >= 4 is 5.97 Å². The summed E-state index contributed by atoms with van der Waals surface area (Å²) in [6.45, 7) is 5.96. The molecule has 1 aromatic carbocycles. The van der Waals surface area contributed by atoms with Crippen LogP contribution >= 0.6 is 0 Å². The molecule has 0 aromatic heterocycles. The summed E-state index contributed by atoms with van der Waals surface area (Å²) in [5.74, 6) is 0.471. The number of carbonyl (C=O) groups is 1. The number of benzene rings is 1. The molecule has 0 heterocycles. The fraction of sp³-hybridized carbons (Fsp3) is 0.562. The Bertz CT molecular complexity index is 422. The van der Waals surface area contributed by atoms with Gasteiger partial charge in [0.1, 0.15) is 11.8 Å². The zero-order valence-corrected chi connectivity index (χ0v) is 13.1. The first kappa shape index (κ1) is 17.5. The number of esters is 1. The highest BCUT2D eigenvalue weighted by molar-refractivity contribution is 5.77. The molecule has 0 bridgehead atoms. The molecule has 5 heteroatoms. The highest BCUT2D eigenvalue weighted by atomic mass is 16.5. The molecule has 0 saturated heterocycles. The molecule has 1 atom stereocenters. The average molecular weight is 295 g/mol. The fourth-order valence-corrected chi connectivity index (χ4v) is 1.87. The van der Waals surface area contributed by atoms with Gasteiger partial charge in [-0.15, -0.1) is 0 Å². The van der Waals surface area contributed by atoms with Crippen molar-refractivity contribution in [1.82, 2.24) is 5.32 Å². The third-order valence-corrected chi connectivity index (χ3v) is 2.84. The quantitative estimate of drug-likeness (QED) is 0.530. The summed E-state index contributed by atoms with van der Waals surface area (Å²) < 4.78 is 15.7. The summed E-state index contributed by atoms with van der Waals surface area (Å²) in [5.41, 5.74) is 0.832. The molecule has 21 heavy (non-hydrogen) atoms. The molecule has 0 fully saturated rings. The molecule has 0 saturated carbocycles. The van der Waals surface area contributed by atoms with Crippen LogP contribution in [-0.4, -0.2) is 39.4 Å². The Morgan fingerprint density at radius 2 is 2.10 bits per heavy atom. The molecule has 0 aliphatic heterocycles. The van der Waals surface area contributed by atoms with Crippen molar-refractivity contribution in [3.8, 4) is 5.75 Å². The Balaban J connectivity index is 2.82. The lowest BCUT2D eigenvalue weighted by molar-refractivity contribution is -0.145. The molecule has 1 N–H and O–H groups in total. The van der Waals surface area contributed by atoms with Gasteiger partial charge in [-0.05, 0) is 31.0 Å². The lowest BCUT2D eigenvalue weighted by Gasteiger charge is -2.18. The van der Waals surface area contributed by atoms with E-state index in [9.17, 15) is 4.79 Å². The first-order valence-corrected chi connectivity index (χ1v) is 7.34. The van der Waals surface area contributed by atoms with Crippen LogP contribution in [-0.2, 0) is 14.3 Å². The van der Waals surface area contributed by atoms with E-state index in [0.29, 0.717) is 26.4 Å². The molecule has 0 aliphatic carbocycles. The Labute approximate surface area is 126 Å². The second-order valence-electron chi connectivity index (χ2n) is 4.55. The van der Waals surface area contributed by atoms with Crippen LogP contribution in [0.3, 0.4) is 0 Å². The van der Waals surface area contributed by atoms with E-state index in [-0.39, 0.29) is 5.97 Å². The van der Waals surface area contributed by atoms with Crippen molar-refractivity contribution in [1.29, 1.82) is 0 Å². The van der Waals surface area contributed by atoms with Crippen molar-refractivity contribution < 1.29 is 19.0 Å². The number of rotatable bonds is 10. The highest BCUT2D eigenvalue weighted by Gasteiger charge is 2.21. The first-order chi connectivity index (χ1) is 10.2. The molecule has 5 nitrogen and oxygen atoms in total. The number of carbonyl (C=O) groups excluding carboxylic acids is 1. The zero-order chi connectivity index (χ0) is 15.5. The molecule has 118 valence electrons. The number of methoxy groups -OCH3 is 1. The number of hydrogen-bond acceptors (Lipinski definition) is 5. The third kappa shape index (κ3) is 6.14. The minimum Gasteiger partial charge on any atom is -0.494 e. The Morgan fingerprint density at radius 1 is 1.29 bits per heavy atom. The van der Waals surface area contributed by atoms with E-state index in [4.69, 9.17) is 14.2 Å². The van der Waals surface area contributed by atoms with Crippen LogP contribution in [0.4, 0.5) is 0 Å². The lowest BCUT2D eigenvalue weighted by Crippen LogP contribution is -2.32. The van der Waals surface area contributed by atoms with Crippen LogP contribution < -0.4 is 10.1 Å². The molecule has 0 amide bonds. The molecule has 0 aliphatic rings. The number of hydrogen-bond donors (Lipinski definition) is 1. The van der Waals surface area contributed by atoms with Gasteiger partial charge in [0.15, 0.2) is 0 Å². The number of ether oxygens (including phenoxy) is 3. The van der Waals surface area contributed by atoms with Crippen molar-refractivity contribution in [2.45, 2.75) is 26.3 Å². The molecule has 0 radical (unpaired) electrons. The van der Waals surface area contributed by atoms with Crippen LogP contribution in [0.5, 0.6) is 5.75 Å². The summed E-state index contributed by atoms with van der Waals surface area (Å²) >= 11 is 0. The maximum Gasteiger partial charge on any atom is 0.327 e. The topological polar surface area (TPSA) is 56.8 Å². The average Bonchev–Trinajstić information content (AvgIpc) is 2.50. The highest BCUT2D eigenvalue weighted by Crippen LogP contribution is 2.20. The zero-order valence-electron chi connectivity index (χ0n) is 13.1. The second-order valence-corrected chi connectivity index (χ2v) is 4.55. The van der Waals surface area contributed by atoms with Gasteiger partial charge in [0.25, 0.3) is 0 Å². The first-order valence-electron chi connectivity index (χ1n) is 7.34. The van der Waals surface area contributed by atoms with E-state index >= 15 is 0 Å². The van der Waals surface area contributed by atoms with Gasteiger partial charge < -0.3 is 14.2 Å². The molecule has 0 spiro atoms. The van der Waals surface area contributed by atoms with Crippen LogP contribution in [0.2, 0.25) is 0 Å². The van der Waals surface area contributed by atoms with Crippen LogP contribution in [0, 0.1) is 0 Å². The number of nitrogens with one attached hydrogen (secondary N) is 1. The van der Waals surface area contributed by atoms with Crippen LogP contribution in [0.1, 0.15) is 31.9 Å². The second kappa shape index (κ2) is 10.2. The van der Waals surface area contributed by atoms with Gasteiger partial charge in [-0.2, -0.15) is 0 Å². The molecular formula is C16H25NO4. The van der Waals surface area contributed by atoms with Crippen molar-refractivity contribution in [2.24, 2.45) is 0 Å². The minimum atomic E-state index is -0.509. The Morgan fingerprint density at radius 3 is 2.76 bits per heavy atom. The maximum absolute atomic E-state index is 12.1. The summed E-state index contributed by atoms with van der Waals surface area (Å²) in [7, 11) is 1.63. The largest absolute Gasteiger partial charge is 0.494 e. The molecular weight excluding hydrogens is 270 g/mol. The van der Waals surface area contributed by atoms with Gasteiger partial charge in [0, 0.05) is 13.7 Å². The van der Waals surface area contributed by atoms with Gasteiger partial charge >= 0.3 is 5.97 Å². The lowest BCUT2D eigenvalue weighted by atomic mass is 10.1.